The molecule has 0 aromatic carbocycles. The third kappa shape index (κ3) is 3.11. The van der Waals surface area contributed by atoms with E-state index in [1.54, 1.807) is 0 Å². The molecule has 1 rings (SSSR count). The SMILES string of the molecule is NN=C1CCCCC1NN=S(=O)=O. The zero-order valence-electron chi connectivity index (χ0n) is 7.10. The largest absolute Gasteiger partial charge is 0.327 e. The topological polar surface area (TPSA) is 96.9 Å². The third-order valence-electron chi connectivity index (χ3n) is 2.03. The smallest absolute Gasteiger partial charge is 0.323 e. The molecule has 0 spiro atoms. The highest BCUT2D eigenvalue weighted by molar-refractivity contribution is 7.61. The minimum atomic E-state index is -2.42. The van der Waals surface area contributed by atoms with Crippen molar-refractivity contribution in [3.05, 3.63) is 0 Å². The number of nitrogens with zero attached hydrogens (tertiary/aromatic N) is 2. The lowest BCUT2D eigenvalue weighted by Gasteiger charge is -2.21. The van der Waals surface area contributed by atoms with Crippen LogP contribution >= 0.6 is 0 Å². The van der Waals surface area contributed by atoms with Crippen molar-refractivity contribution in [2.45, 2.75) is 31.7 Å². The van der Waals surface area contributed by atoms with Gasteiger partial charge in [-0.15, -0.1) is 0 Å². The normalized spacial score (nSPS) is 25.8. The van der Waals surface area contributed by atoms with Gasteiger partial charge in [0.05, 0.1) is 11.8 Å². The van der Waals surface area contributed by atoms with E-state index in [9.17, 15) is 8.42 Å². The second kappa shape index (κ2) is 4.93. The van der Waals surface area contributed by atoms with Crippen molar-refractivity contribution in [1.29, 1.82) is 0 Å². The molecule has 1 aliphatic carbocycles. The third-order valence-corrected chi connectivity index (χ3v) is 2.28. The number of nitrogens with one attached hydrogen (secondary N) is 1. The van der Waals surface area contributed by atoms with Gasteiger partial charge in [-0.1, -0.05) is 10.9 Å². The van der Waals surface area contributed by atoms with Gasteiger partial charge in [-0.2, -0.15) is 18.9 Å². The highest BCUT2D eigenvalue weighted by Crippen LogP contribution is 2.15. The van der Waals surface area contributed by atoms with Gasteiger partial charge >= 0.3 is 10.5 Å². The Hall–Kier alpha value is -0.950. The van der Waals surface area contributed by atoms with Gasteiger partial charge in [0, 0.05) is 0 Å². The minimum Gasteiger partial charge on any atom is -0.323 e. The summed E-state index contributed by atoms with van der Waals surface area (Å²) in [7, 11) is -2.42. The van der Waals surface area contributed by atoms with Crippen LogP contribution in [0.15, 0.2) is 9.57 Å². The van der Waals surface area contributed by atoms with Crippen LogP contribution in [0.4, 0.5) is 0 Å². The van der Waals surface area contributed by atoms with Crippen molar-refractivity contribution >= 4 is 16.2 Å². The lowest BCUT2D eigenvalue weighted by Crippen LogP contribution is -2.36. The molecule has 0 saturated heterocycles. The standard InChI is InChI=1S/C6H12N4O2S/c7-8-5-3-1-2-4-6(5)9-10-13(11)12/h6,9H,1-4,7H2. The Labute approximate surface area is 77.9 Å². The summed E-state index contributed by atoms with van der Waals surface area (Å²) in [5.74, 6) is 5.15. The summed E-state index contributed by atoms with van der Waals surface area (Å²) in [4.78, 5) is 0. The Balaban J connectivity index is 2.61. The summed E-state index contributed by atoms with van der Waals surface area (Å²) in [6.45, 7) is 0. The van der Waals surface area contributed by atoms with Crippen LogP contribution in [0.1, 0.15) is 25.7 Å². The summed E-state index contributed by atoms with van der Waals surface area (Å²) in [6, 6.07) is -0.114. The highest BCUT2D eigenvalue weighted by Gasteiger charge is 2.19. The van der Waals surface area contributed by atoms with Crippen LogP contribution in [0.2, 0.25) is 0 Å². The molecule has 6 nitrogen and oxygen atoms in total. The molecule has 0 radical (unpaired) electrons. The molecule has 1 fully saturated rings. The number of hydrazone groups is 1. The van der Waals surface area contributed by atoms with E-state index in [2.05, 4.69) is 15.0 Å². The zero-order valence-corrected chi connectivity index (χ0v) is 7.92. The fourth-order valence-electron chi connectivity index (χ4n) is 1.40. The number of hydrogen-bond acceptors (Lipinski definition) is 5. The van der Waals surface area contributed by atoms with Crippen molar-refractivity contribution in [1.82, 2.24) is 5.43 Å². The van der Waals surface area contributed by atoms with Crippen LogP contribution in [0.25, 0.3) is 0 Å². The van der Waals surface area contributed by atoms with Gasteiger partial charge in [0.15, 0.2) is 0 Å². The quantitative estimate of drug-likeness (QED) is 0.481. The van der Waals surface area contributed by atoms with Crippen molar-refractivity contribution in [3.8, 4) is 0 Å². The van der Waals surface area contributed by atoms with E-state index in [1.807, 2.05) is 0 Å². The Bertz CT molecular complexity index is 314. The second-order valence-electron chi connectivity index (χ2n) is 2.86. The number of nitrogens with two attached hydrogens (primary N) is 1. The lowest BCUT2D eigenvalue weighted by molar-refractivity contribution is 0.524. The average molecular weight is 204 g/mol. The van der Waals surface area contributed by atoms with Gasteiger partial charge in [-0.3, -0.25) is 0 Å². The van der Waals surface area contributed by atoms with E-state index in [4.69, 9.17) is 5.84 Å². The van der Waals surface area contributed by atoms with Crippen LogP contribution in [0, 0.1) is 0 Å². The first-order chi connectivity index (χ1) is 6.24. The van der Waals surface area contributed by atoms with Crippen molar-refractivity contribution in [2.75, 3.05) is 0 Å². The predicted molar refractivity (Wildman–Crippen MR) is 48.4 cm³/mol. The molecule has 13 heavy (non-hydrogen) atoms. The maximum absolute atomic E-state index is 10.1. The van der Waals surface area contributed by atoms with Gasteiger partial charge < -0.3 is 5.84 Å². The molecule has 0 aliphatic heterocycles. The summed E-state index contributed by atoms with van der Waals surface area (Å²) in [6.07, 6.45) is 3.73. The number of rotatable bonds is 2. The van der Waals surface area contributed by atoms with Crippen LogP contribution in [-0.4, -0.2) is 20.2 Å². The van der Waals surface area contributed by atoms with E-state index in [0.717, 1.165) is 31.4 Å². The summed E-state index contributed by atoms with van der Waals surface area (Å²) in [5, 5.41) is 3.60. The lowest BCUT2D eigenvalue weighted by atomic mass is 9.94. The molecule has 1 unspecified atom stereocenters. The Kier molecular flexibility index (Phi) is 3.84. The van der Waals surface area contributed by atoms with E-state index in [0.29, 0.717) is 0 Å². The Morgan fingerprint density at radius 2 is 2.23 bits per heavy atom. The molecular weight excluding hydrogens is 192 g/mol. The van der Waals surface area contributed by atoms with Crippen molar-refractivity contribution in [3.63, 3.8) is 0 Å². The fourth-order valence-corrected chi connectivity index (χ4v) is 1.61. The molecule has 0 aromatic heterocycles. The zero-order chi connectivity index (χ0) is 9.68. The monoisotopic (exact) mass is 204 g/mol. The van der Waals surface area contributed by atoms with E-state index < -0.39 is 10.5 Å². The van der Waals surface area contributed by atoms with Gasteiger partial charge in [0.2, 0.25) is 0 Å². The fraction of sp³-hybridized carbons (Fsp3) is 0.833. The molecule has 3 N–H and O–H groups in total. The Morgan fingerprint density at radius 1 is 1.46 bits per heavy atom. The van der Waals surface area contributed by atoms with Crippen LogP contribution in [0.5, 0.6) is 0 Å². The molecular formula is C6H12N4O2S. The summed E-state index contributed by atoms with van der Waals surface area (Å²) >= 11 is 0. The van der Waals surface area contributed by atoms with Crippen molar-refractivity contribution < 1.29 is 8.42 Å². The second-order valence-corrected chi connectivity index (χ2v) is 3.47. The maximum Gasteiger partial charge on any atom is 0.327 e. The number of hydrogen-bond donors (Lipinski definition) is 2. The summed E-state index contributed by atoms with van der Waals surface area (Å²) in [5.41, 5.74) is 3.32. The van der Waals surface area contributed by atoms with Crippen molar-refractivity contribution in [2.24, 2.45) is 15.4 Å². The molecule has 1 saturated carbocycles. The molecule has 1 aliphatic rings. The molecule has 0 heterocycles. The van der Waals surface area contributed by atoms with Gasteiger partial charge in [-0.05, 0) is 19.3 Å². The van der Waals surface area contributed by atoms with Gasteiger partial charge in [0.1, 0.15) is 0 Å². The van der Waals surface area contributed by atoms with E-state index in [-0.39, 0.29) is 6.04 Å². The molecule has 0 aromatic rings. The predicted octanol–water partition coefficient (Wildman–Crippen LogP) is -0.189. The molecule has 7 heteroatoms. The minimum absolute atomic E-state index is 0.114. The first kappa shape index (κ1) is 10.1. The Morgan fingerprint density at radius 3 is 2.85 bits per heavy atom. The molecule has 0 amide bonds. The van der Waals surface area contributed by atoms with Gasteiger partial charge in [-0.25, -0.2) is 0 Å². The van der Waals surface area contributed by atoms with Gasteiger partial charge in [0.25, 0.3) is 0 Å². The molecule has 0 bridgehead atoms. The molecule has 1 atom stereocenters. The van der Waals surface area contributed by atoms with Crippen LogP contribution < -0.4 is 11.3 Å². The van der Waals surface area contributed by atoms with E-state index in [1.165, 1.54) is 0 Å². The van der Waals surface area contributed by atoms with Crippen LogP contribution in [0.3, 0.4) is 0 Å². The first-order valence-corrected chi connectivity index (χ1v) is 5.09. The maximum atomic E-state index is 10.1. The summed E-state index contributed by atoms with van der Waals surface area (Å²) < 4.78 is 23.5. The van der Waals surface area contributed by atoms with E-state index >= 15 is 0 Å². The van der Waals surface area contributed by atoms with Crippen LogP contribution in [-0.2, 0) is 10.5 Å². The first-order valence-electron chi connectivity index (χ1n) is 4.06. The average Bonchev–Trinajstić information content (AvgIpc) is 2.15. The molecule has 74 valence electrons. The highest BCUT2D eigenvalue weighted by atomic mass is 32.2.